The molecule has 0 N–H and O–H groups in total. The van der Waals surface area contributed by atoms with Crippen LogP contribution in [-0.2, 0) is 52.5 Å². The third-order valence-electron chi connectivity index (χ3n) is 16.7. The Morgan fingerprint density at radius 1 is 0.384 bits per heavy atom. The number of fused-ring (bicyclic) bond motifs is 1. The maximum absolute atomic E-state index is 14.0. The van der Waals surface area contributed by atoms with Crippen LogP contribution in [0, 0.1) is 23.7 Å². The SMILES string of the molecule is C=CC(=O)OCCCCCCOc1ccc(OC(=O)C2CCC(COc3cccc(-c4nc5cc(OCCOCCC)c(OCCOCCOC(=O)C=C)cc5nc4-c4cccc(OC(=O)C5CCC(C(=O)Oc6ccc(OCCCCCCOC(=O)C=C)cc6)CC5)c4)c3)CC2)cc1. The van der Waals surface area contributed by atoms with Gasteiger partial charge in [0.25, 0.3) is 0 Å². The third kappa shape index (κ3) is 25.6. The molecule has 0 radical (unpaired) electrons. The van der Waals surface area contributed by atoms with Gasteiger partial charge >= 0.3 is 35.8 Å². The molecule has 5 aromatic carbocycles. The van der Waals surface area contributed by atoms with E-state index < -0.39 is 29.8 Å². The number of benzene rings is 5. The van der Waals surface area contributed by atoms with E-state index in [2.05, 4.69) is 19.7 Å². The van der Waals surface area contributed by atoms with E-state index in [-0.39, 0.29) is 62.7 Å². The Labute approximate surface area is 579 Å². The van der Waals surface area contributed by atoms with Crippen LogP contribution in [0.5, 0.6) is 46.0 Å². The van der Waals surface area contributed by atoms with E-state index in [1.54, 1.807) is 78.9 Å². The number of nitrogens with zero attached hydrogens (tertiary/aromatic N) is 2. The first-order valence-electron chi connectivity index (χ1n) is 34.5. The molecule has 528 valence electrons. The zero-order chi connectivity index (χ0) is 69.8. The van der Waals surface area contributed by atoms with Crippen LogP contribution in [0.2, 0.25) is 0 Å². The van der Waals surface area contributed by atoms with Crippen molar-refractivity contribution in [3.05, 3.63) is 147 Å². The number of esters is 6. The summed E-state index contributed by atoms with van der Waals surface area (Å²) < 4.78 is 75.0. The molecule has 21 heteroatoms. The highest BCUT2D eigenvalue weighted by Crippen LogP contribution is 2.40. The van der Waals surface area contributed by atoms with Crippen molar-refractivity contribution in [1.82, 2.24) is 9.97 Å². The van der Waals surface area contributed by atoms with Crippen LogP contribution < -0.4 is 37.9 Å². The van der Waals surface area contributed by atoms with Crippen molar-refractivity contribution in [2.75, 3.05) is 79.3 Å². The summed E-state index contributed by atoms with van der Waals surface area (Å²) in [6, 6.07) is 32.4. The van der Waals surface area contributed by atoms with Gasteiger partial charge < -0.3 is 61.6 Å². The van der Waals surface area contributed by atoms with Gasteiger partial charge in [-0.1, -0.05) is 50.9 Å². The molecule has 0 aliphatic heterocycles. The minimum absolute atomic E-state index is 0.0581. The molecule has 21 nitrogen and oxygen atoms in total. The monoisotopic (exact) mass is 1360 g/mol. The lowest BCUT2D eigenvalue weighted by Gasteiger charge is -2.27. The van der Waals surface area contributed by atoms with Crippen LogP contribution in [0.4, 0.5) is 0 Å². The lowest BCUT2D eigenvalue weighted by Crippen LogP contribution is -2.30. The van der Waals surface area contributed by atoms with E-state index >= 15 is 0 Å². The fourth-order valence-corrected chi connectivity index (χ4v) is 11.3. The summed E-state index contributed by atoms with van der Waals surface area (Å²) in [5.41, 5.74) is 3.31. The first-order valence-corrected chi connectivity index (χ1v) is 34.5. The number of hydrogen-bond acceptors (Lipinski definition) is 21. The molecule has 6 aromatic rings. The molecular formula is C78H92N2O19. The summed E-state index contributed by atoms with van der Waals surface area (Å²) in [6.45, 7) is 16.2. The van der Waals surface area contributed by atoms with Crippen LogP contribution in [0.15, 0.2) is 147 Å². The molecule has 2 fully saturated rings. The molecule has 0 atom stereocenters. The topological polar surface area (TPSA) is 248 Å². The van der Waals surface area contributed by atoms with Crippen molar-refractivity contribution >= 4 is 46.8 Å². The molecule has 0 saturated heterocycles. The van der Waals surface area contributed by atoms with Crippen LogP contribution in [0.3, 0.4) is 0 Å². The van der Waals surface area contributed by atoms with Gasteiger partial charge in [0.2, 0.25) is 0 Å². The number of unbranched alkanes of at least 4 members (excludes halogenated alkanes) is 6. The quantitative estimate of drug-likeness (QED) is 0.0113. The van der Waals surface area contributed by atoms with E-state index in [4.69, 9.17) is 71.5 Å². The normalized spacial score (nSPS) is 15.7. The molecule has 1 aromatic heterocycles. The molecule has 0 spiro atoms. The first-order chi connectivity index (χ1) is 48.4. The Morgan fingerprint density at radius 3 is 1.22 bits per heavy atom. The zero-order valence-corrected chi connectivity index (χ0v) is 56.7. The van der Waals surface area contributed by atoms with Crippen molar-refractivity contribution < 1.29 is 90.3 Å². The molecule has 1 heterocycles. The number of carbonyl (C=O) groups excluding carboxylic acids is 6. The van der Waals surface area contributed by atoms with Gasteiger partial charge in [-0.2, -0.15) is 0 Å². The Morgan fingerprint density at radius 2 is 0.768 bits per heavy atom. The van der Waals surface area contributed by atoms with Gasteiger partial charge in [-0.15, -0.1) is 0 Å². The maximum atomic E-state index is 14.0. The van der Waals surface area contributed by atoms with E-state index in [9.17, 15) is 28.8 Å². The second kappa shape index (κ2) is 41.6. The van der Waals surface area contributed by atoms with E-state index in [0.717, 1.165) is 88.9 Å². The molecule has 2 aliphatic rings. The second-order valence-corrected chi connectivity index (χ2v) is 24.1. The van der Waals surface area contributed by atoms with Crippen molar-refractivity contribution in [3.8, 4) is 68.5 Å². The zero-order valence-electron chi connectivity index (χ0n) is 56.7. The first kappa shape index (κ1) is 75.2. The number of aromatic nitrogens is 2. The molecular weight excluding hydrogens is 1270 g/mol. The van der Waals surface area contributed by atoms with Gasteiger partial charge in [0.1, 0.15) is 54.3 Å². The Balaban J connectivity index is 0.896. The van der Waals surface area contributed by atoms with E-state index in [1.807, 2.05) is 37.3 Å². The highest BCUT2D eigenvalue weighted by Gasteiger charge is 2.33. The minimum atomic E-state index is -0.539. The fraction of sp³-hybridized carbons (Fsp3) is 0.436. The van der Waals surface area contributed by atoms with Gasteiger partial charge in [-0.25, -0.2) is 24.4 Å². The predicted octanol–water partition coefficient (Wildman–Crippen LogP) is 14.3. The minimum Gasteiger partial charge on any atom is -0.494 e. The van der Waals surface area contributed by atoms with E-state index in [1.165, 1.54) is 0 Å². The van der Waals surface area contributed by atoms with Gasteiger partial charge in [0.05, 0.1) is 93.0 Å². The standard InChI is InChI=1S/C78H92N2O19/c1-5-39-87-44-47-91-69-52-67-68(53-70(69)92-48-45-88-46-49-95-73(83)8-4)80-75(60-20-18-22-66(51-60)99-78(86)58-29-27-57(28-30-58)77(85)98-64-37-33-62(34-38-64)90-41-14-10-12-16-43-94-72(82)7-3)74(79-67)59-19-17-21-65(50-59)96-54-55-23-25-56(26-24-55)76(84)97-63-35-31-61(32-36-63)89-40-13-9-11-15-42-93-71(81)6-2/h6-8,17-22,31-38,50-53,55-58H,2-5,9-16,23-30,39-49,54H2,1H3. The summed E-state index contributed by atoms with van der Waals surface area (Å²) in [5.74, 6) is 0.714. The largest absolute Gasteiger partial charge is 0.494 e. The number of hydrogen-bond donors (Lipinski definition) is 0. The lowest BCUT2D eigenvalue weighted by molar-refractivity contribution is -0.145. The number of carbonyl (C=O) groups is 6. The highest BCUT2D eigenvalue weighted by atomic mass is 16.6. The van der Waals surface area contributed by atoms with Gasteiger partial charge in [0.15, 0.2) is 11.5 Å². The van der Waals surface area contributed by atoms with E-state index in [0.29, 0.717) is 164 Å². The molecule has 2 aliphatic carbocycles. The van der Waals surface area contributed by atoms with Gasteiger partial charge in [-0.05, 0) is 188 Å². The smallest absolute Gasteiger partial charge is 0.330 e. The van der Waals surface area contributed by atoms with Crippen LogP contribution in [0.1, 0.15) is 116 Å². The van der Waals surface area contributed by atoms with Crippen molar-refractivity contribution in [3.63, 3.8) is 0 Å². The molecule has 0 unspecified atom stereocenters. The molecule has 2 saturated carbocycles. The number of rotatable bonds is 43. The molecule has 8 rings (SSSR count). The predicted molar refractivity (Wildman–Crippen MR) is 371 cm³/mol. The number of ether oxygens (including phenoxy) is 13. The highest BCUT2D eigenvalue weighted by molar-refractivity contribution is 5.89. The summed E-state index contributed by atoms with van der Waals surface area (Å²) in [4.78, 5) is 85.2. The van der Waals surface area contributed by atoms with Crippen LogP contribution >= 0.6 is 0 Å². The van der Waals surface area contributed by atoms with Crippen LogP contribution in [-0.4, -0.2) is 125 Å². The van der Waals surface area contributed by atoms with Crippen molar-refractivity contribution in [1.29, 1.82) is 0 Å². The average molecular weight is 1360 g/mol. The molecule has 99 heavy (non-hydrogen) atoms. The van der Waals surface area contributed by atoms with Gasteiger partial charge in [-0.3, -0.25) is 14.4 Å². The van der Waals surface area contributed by atoms with Crippen molar-refractivity contribution in [2.24, 2.45) is 23.7 Å². The fourth-order valence-electron chi connectivity index (χ4n) is 11.3. The maximum Gasteiger partial charge on any atom is 0.330 e. The summed E-state index contributed by atoms with van der Waals surface area (Å²) in [7, 11) is 0. The Hall–Kier alpha value is -9.60. The average Bonchev–Trinajstić information content (AvgIpc) is 0.768. The Kier molecular flexibility index (Phi) is 31.6. The van der Waals surface area contributed by atoms with Crippen molar-refractivity contribution in [2.45, 2.75) is 116 Å². The molecule has 0 amide bonds. The summed E-state index contributed by atoms with van der Waals surface area (Å²) in [6.07, 6.45) is 15.9. The van der Waals surface area contributed by atoms with Gasteiger partial charge in [0, 0.05) is 48.1 Å². The lowest BCUT2D eigenvalue weighted by atomic mass is 9.82. The Bertz CT molecular complexity index is 3580. The molecule has 0 bridgehead atoms. The third-order valence-corrected chi connectivity index (χ3v) is 16.7. The van der Waals surface area contributed by atoms with Crippen LogP contribution in [0.25, 0.3) is 33.5 Å². The summed E-state index contributed by atoms with van der Waals surface area (Å²) >= 11 is 0. The second-order valence-electron chi connectivity index (χ2n) is 24.1. The summed E-state index contributed by atoms with van der Waals surface area (Å²) in [5, 5.41) is 0.